The molecule has 1 aliphatic rings. The molecule has 94 valence electrons. The summed E-state index contributed by atoms with van der Waals surface area (Å²) in [5, 5.41) is 15.2. The number of amides is 2. The van der Waals surface area contributed by atoms with Crippen LogP contribution >= 0.6 is 0 Å². The van der Waals surface area contributed by atoms with Crippen molar-refractivity contribution in [3.05, 3.63) is 0 Å². The fraction of sp³-hybridized carbons (Fsp3) is 0.917. The largest absolute Gasteiger partial charge is 0.393 e. The lowest BCUT2D eigenvalue weighted by atomic mass is 9.93. The number of carbonyl (C=O) groups is 1. The van der Waals surface area contributed by atoms with Crippen molar-refractivity contribution in [2.24, 2.45) is 0 Å². The fourth-order valence-corrected chi connectivity index (χ4v) is 2.03. The molecule has 0 heterocycles. The highest BCUT2D eigenvalue weighted by molar-refractivity contribution is 5.74. The Kier molecular flexibility index (Phi) is 6.23. The van der Waals surface area contributed by atoms with Crippen molar-refractivity contribution >= 4 is 6.03 Å². The predicted molar refractivity (Wildman–Crippen MR) is 64.3 cm³/mol. The number of urea groups is 1. The van der Waals surface area contributed by atoms with Gasteiger partial charge in [-0.1, -0.05) is 19.8 Å². The lowest BCUT2D eigenvalue weighted by Crippen LogP contribution is -2.44. The predicted octanol–water partition coefficient (Wildman–Crippen LogP) is 1.78. The summed E-state index contributed by atoms with van der Waals surface area (Å²) in [6, 6.07) is 0.187. The monoisotopic (exact) mass is 228 g/mol. The topological polar surface area (TPSA) is 61.4 Å². The standard InChI is InChI=1S/C12H24N2O2/c1-2-3-4-9-13-12(16)14-10-5-7-11(15)8-6-10/h10-11,15H,2-9H2,1H3,(H2,13,14,16). The second-order valence-corrected chi connectivity index (χ2v) is 4.61. The number of rotatable bonds is 5. The van der Waals surface area contributed by atoms with E-state index in [1.165, 1.54) is 6.42 Å². The third-order valence-electron chi connectivity index (χ3n) is 3.10. The van der Waals surface area contributed by atoms with Gasteiger partial charge in [0.25, 0.3) is 0 Å². The van der Waals surface area contributed by atoms with Gasteiger partial charge in [0.15, 0.2) is 0 Å². The fourth-order valence-electron chi connectivity index (χ4n) is 2.03. The van der Waals surface area contributed by atoms with Gasteiger partial charge in [-0.05, 0) is 32.1 Å². The van der Waals surface area contributed by atoms with Crippen LogP contribution in [0.4, 0.5) is 4.79 Å². The number of hydrogen-bond acceptors (Lipinski definition) is 2. The lowest BCUT2D eigenvalue weighted by Gasteiger charge is -2.26. The molecule has 16 heavy (non-hydrogen) atoms. The number of carbonyl (C=O) groups excluding carboxylic acids is 1. The van der Waals surface area contributed by atoms with Crippen LogP contribution in [0.2, 0.25) is 0 Å². The number of aliphatic hydroxyl groups is 1. The molecule has 4 heteroatoms. The summed E-state index contributed by atoms with van der Waals surface area (Å²) in [6.07, 6.45) is 6.62. The molecule has 1 saturated carbocycles. The minimum absolute atomic E-state index is 0.0579. The van der Waals surface area contributed by atoms with Crippen LogP contribution in [-0.4, -0.2) is 29.8 Å². The van der Waals surface area contributed by atoms with Crippen molar-refractivity contribution in [1.82, 2.24) is 10.6 Å². The molecule has 0 radical (unpaired) electrons. The summed E-state index contributed by atoms with van der Waals surface area (Å²) in [6.45, 7) is 2.91. The third-order valence-corrected chi connectivity index (χ3v) is 3.10. The normalized spacial score (nSPS) is 25.1. The molecule has 0 aromatic carbocycles. The number of unbranched alkanes of at least 4 members (excludes halogenated alkanes) is 2. The van der Waals surface area contributed by atoms with Crippen molar-refractivity contribution in [3.63, 3.8) is 0 Å². The smallest absolute Gasteiger partial charge is 0.315 e. The van der Waals surface area contributed by atoms with Crippen molar-refractivity contribution in [2.75, 3.05) is 6.54 Å². The van der Waals surface area contributed by atoms with Crippen molar-refractivity contribution in [2.45, 2.75) is 64.0 Å². The lowest BCUT2D eigenvalue weighted by molar-refractivity contribution is 0.117. The highest BCUT2D eigenvalue weighted by Gasteiger charge is 2.20. The Balaban J connectivity index is 2.05. The molecule has 3 N–H and O–H groups in total. The summed E-state index contributed by atoms with van der Waals surface area (Å²) in [5.74, 6) is 0. The Hall–Kier alpha value is -0.770. The molecule has 2 amide bonds. The second-order valence-electron chi connectivity index (χ2n) is 4.61. The quantitative estimate of drug-likeness (QED) is 0.628. The maximum Gasteiger partial charge on any atom is 0.315 e. The van der Waals surface area contributed by atoms with Crippen molar-refractivity contribution < 1.29 is 9.90 Å². The van der Waals surface area contributed by atoms with Crippen molar-refractivity contribution in [3.8, 4) is 0 Å². The average Bonchev–Trinajstić information content (AvgIpc) is 2.28. The van der Waals surface area contributed by atoms with E-state index in [1.54, 1.807) is 0 Å². The molecule has 0 aliphatic heterocycles. The third kappa shape index (κ3) is 5.35. The average molecular weight is 228 g/mol. The van der Waals surface area contributed by atoms with E-state index in [4.69, 9.17) is 0 Å². The van der Waals surface area contributed by atoms with E-state index >= 15 is 0 Å². The van der Waals surface area contributed by atoms with Crippen LogP contribution in [0, 0.1) is 0 Å². The van der Waals surface area contributed by atoms with Gasteiger partial charge in [-0.2, -0.15) is 0 Å². The Bertz CT molecular complexity index is 201. The Morgan fingerprint density at radius 3 is 2.56 bits per heavy atom. The zero-order chi connectivity index (χ0) is 11.8. The van der Waals surface area contributed by atoms with Crippen LogP contribution < -0.4 is 10.6 Å². The Morgan fingerprint density at radius 1 is 1.25 bits per heavy atom. The zero-order valence-corrected chi connectivity index (χ0v) is 10.2. The van der Waals surface area contributed by atoms with Gasteiger partial charge in [-0.3, -0.25) is 0 Å². The van der Waals surface area contributed by atoms with Crippen LogP contribution in [0.1, 0.15) is 51.9 Å². The van der Waals surface area contributed by atoms with Crippen LogP contribution in [0.5, 0.6) is 0 Å². The van der Waals surface area contributed by atoms with E-state index in [1.807, 2.05) is 0 Å². The molecule has 1 fully saturated rings. The van der Waals surface area contributed by atoms with Gasteiger partial charge < -0.3 is 15.7 Å². The van der Waals surface area contributed by atoms with Gasteiger partial charge in [0.2, 0.25) is 0 Å². The SMILES string of the molecule is CCCCCNC(=O)NC1CCC(O)CC1. The molecule has 0 atom stereocenters. The van der Waals surface area contributed by atoms with Gasteiger partial charge in [0, 0.05) is 12.6 Å². The highest BCUT2D eigenvalue weighted by atomic mass is 16.3. The van der Waals surface area contributed by atoms with E-state index in [0.29, 0.717) is 0 Å². The van der Waals surface area contributed by atoms with E-state index in [0.717, 1.165) is 45.1 Å². The molecular formula is C12H24N2O2. The summed E-state index contributed by atoms with van der Waals surface area (Å²) in [5.41, 5.74) is 0. The minimum atomic E-state index is -0.161. The molecule has 1 rings (SSSR count). The molecule has 1 aliphatic carbocycles. The summed E-state index contributed by atoms with van der Waals surface area (Å²) < 4.78 is 0. The van der Waals surface area contributed by atoms with Gasteiger partial charge in [0.1, 0.15) is 0 Å². The molecule has 0 aromatic heterocycles. The molecular weight excluding hydrogens is 204 g/mol. The molecule has 0 aromatic rings. The first kappa shape index (κ1) is 13.3. The number of hydrogen-bond donors (Lipinski definition) is 3. The minimum Gasteiger partial charge on any atom is -0.393 e. The van der Waals surface area contributed by atoms with Gasteiger partial charge in [0.05, 0.1) is 6.10 Å². The number of nitrogens with one attached hydrogen (secondary N) is 2. The van der Waals surface area contributed by atoms with Gasteiger partial charge in [-0.15, -0.1) is 0 Å². The van der Waals surface area contributed by atoms with E-state index in [2.05, 4.69) is 17.6 Å². The maximum absolute atomic E-state index is 11.5. The maximum atomic E-state index is 11.5. The first-order valence-corrected chi connectivity index (χ1v) is 6.44. The second kappa shape index (κ2) is 7.49. The molecule has 0 spiro atoms. The van der Waals surface area contributed by atoms with Crippen LogP contribution in [0.15, 0.2) is 0 Å². The van der Waals surface area contributed by atoms with Crippen LogP contribution in [-0.2, 0) is 0 Å². The van der Waals surface area contributed by atoms with E-state index in [-0.39, 0.29) is 18.2 Å². The molecule has 0 bridgehead atoms. The molecule has 0 saturated heterocycles. The Morgan fingerprint density at radius 2 is 1.94 bits per heavy atom. The first-order chi connectivity index (χ1) is 7.72. The molecule has 0 unspecified atom stereocenters. The summed E-state index contributed by atoms with van der Waals surface area (Å²) in [4.78, 5) is 11.5. The van der Waals surface area contributed by atoms with E-state index in [9.17, 15) is 9.90 Å². The molecule has 4 nitrogen and oxygen atoms in total. The summed E-state index contributed by atoms with van der Waals surface area (Å²) in [7, 11) is 0. The van der Waals surface area contributed by atoms with Crippen LogP contribution in [0.3, 0.4) is 0 Å². The highest BCUT2D eigenvalue weighted by Crippen LogP contribution is 2.17. The Labute approximate surface area is 97.8 Å². The first-order valence-electron chi connectivity index (χ1n) is 6.44. The van der Waals surface area contributed by atoms with Crippen molar-refractivity contribution in [1.29, 1.82) is 0 Å². The van der Waals surface area contributed by atoms with Gasteiger partial charge >= 0.3 is 6.03 Å². The van der Waals surface area contributed by atoms with Gasteiger partial charge in [-0.25, -0.2) is 4.79 Å². The number of aliphatic hydroxyl groups excluding tert-OH is 1. The zero-order valence-electron chi connectivity index (χ0n) is 10.2. The van der Waals surface area contributed by atoms with Crippen LogP contribution in [0.25, 0.3) is 0 Å². The summed E-state index contributed by atoms with van der Waals surface area (Å²) >= 11 is 0. The van der Waals surface area contributed by atoms with E-state index < -0.39 is 0 Å².